The molecule has 1 aliphatic rings. The molecule has 1 N–H and O–H groups in total. The van der Waals surface area contributed by atoms with Gasteiger partial charge in [0.2, 0.25) is 11.8 Å². The number of carbonyl (C=O) groups is 1. The Hall–Kier alpha value is -1.41. The highest BCUT2D eigenvalue weighted by atomic mass is 79.9. The second kappa shape index (κ2) is 6.16. The molecule has 0 radical (unpaired) electrons. The van der Waals surface area contributed by atoms with E-state index in [0.29, 0.717) is 36.0 Å². The average Bonchev–Trinajstić information content (AvgIpc) is 2.47. The number of rotatable bonds is 3. The number of likely N-dealkylation sites (N-methyl/N-ethyl adjacent to an activating group) is 1. The minimum absolute atomic E-state index is 0.145. The molecule has 1 aliphatic heterocycles. The van der Waals surface area contributed by atoms with Gasteiger partial charge >= 0.3 is 0 Å². The van der Waals surface area contributed by atoms with Crippen molar-refractivity contribution in [3.05, 3.63) is 10.7 Å². The number of nitrogens with one attached hydrogen (secondary N) is 1. The molecule has 0 spiro atoms. The predicted octanol–water partition coefficient (Wildman–Crippen LogP) is 0.199. The number of ether oxygens (including phenoxy) is 2. The van der Waals surface area contributed by atoms with Gasteiger partial charge in [0.05, 0.1) is 30.9 Å². The summed E-state index contributed by atoms with van der Waals surface area (Å²) >= 11 is 3.30. The standard InChI is InChI=1S/C11H15BrN4O3/c1-13-9(17)8-6-16(3-4-19-8)11-14-5-7(12)10(15-11)18-2/h5,8H,3-4,6H2,1-2H3,(H,13,17). The molecule has 1 saturated heterocycles. The molecule has 2 heterocycles. The maximum Gasteiger partial charge on any atom is 0.250 e. The van der Waals surface area contributed by atoms with Crippen LogP contribution in [0.5, 0.6) is 5.88 Å². The molecule has 1 aromatic rings. The smallest absolute Gasteiger partial charge is 0.250 e. The van der Waals surface area contributed by atoms with Gasteiger partial charge < -0.3 is 19.7 Å². The van der Waals surface area contributed by atoms with E-state index in [1.807, 2.05) is 4.90 Å². The molecule has 1 atom stereocenters. The summed E-state index contributed by atoms with van der Waals surface area (Å²) in [4.78, 5) is 22.0. The number of hydrogen-bond donors (Lipinski definition) is 1. The Bertz CT molecular complexity index is 471. The first-order valence-corrected chi connectivity index (χ1v) is 6.59. The van der Waals surface area contributed by atoms with Crippen molar-refractivity contribution in [2.24, 2.45) is 0 Å². The zero-order chi connectivity index (χ0) is 13.8. The third kappa shape index (κ3) is 3.13. The highest BCUT2D eigenvalue weighted by Crippen LogP contribution is 2.24. The SMILES string of the molecule is CNC(=O)C1CN(c2ncc(Br)c(OC)n2)CCO1. The summed E-state index contributed by atoms with van der Waals surface area (Å²) in [6, 6.07) is 0. The molecule has 104 valence electrons. The Balaban J connectivity index is 2.15. The van der Waals surface area contributed by atoms with E-state index in [4.69, 9.17) is 9.47 Å². The van der Waals surface area contributed by atoms with Gasteiger partial charge in [0.25, 0.3) is 5.91 Å². The molecular formula is C11H15BrN4O3. The first kappa shape index (κ1) is 14.0. The molecule has 1 aromatic heterocycles. The number of carbonyl (C=O) groups excluding carboxylic acids is 1. The molecule has 7 nitrogen and oxygen atoms in total. The Morgan fingerprint density at radius 3 is 3.16 bits per heavy atom. The number of aromatic nitrogens is 2. The van der Waals surface area contributed by atoms with Gasteiger partial charge in [-0.2, -0.15) is 4.98 Å². The highest BCUT2D eigenvalue weighted by Gasteiger charge is 2.27. The second-order valence-corrected chi connectivity index (χ2v) is 4.80. The Morgan fingerprint density at radius 2 is 2.47 bits per heavy atom. The van der Waals surface area contributed by atoms with Crippen molar-refractivity contribution in [2.45, 2.75) is 6.10 Å². The first-order chi connectivity index (χ1) is 9.15. The summed E-state index contributed by atoms with van der Waals surface area (Å²) in [5.74, 6) is 0.846. The van der Waals surface area contributed by atoms with E-state index in [9.17, 15) is 4.79 Å². The average molecular weight is 331 g/mol. The number of methoxy groups -OCH3 is 1. The normalized spacial score (nSPS) is 19.1. The van der Waals surface area contributed by atoms with Crippen molar-refractivity contribution < 1.29 is 14.3 Å². The van der Waals surface area contributed by atoms with Crippen LogP contribution < -0.4 is 15.0 Å². The van der Waals surface area contributed by atoms with Crippen molar-refractivity contribution >= 4 is 27.8 Å². The summed E-state index contributed by atoms with van der Waals surface area (Å²) in [5, 5.41) is 2.57. The van der Waals surface area contributed by atoms with Crippen LogP contribution in [-0.4, -0.2) is 55.8 Å². The van der Waals surface area contributed by atoms with Crippen LogP contribution in [0.4, 0.5) is 5.95 Å². The maximum atomic E-state index is 11.6. The van der Waals surface area contributed by atoms with Crippen molar-refractivity contribution in [1.29, 1.82) is 0 Å². The summed E-state index contributed by atoms with van der Waals surface area (Å²) in [6.07, 6.45) is 1.13. The van der Waals surface area contributed by atoms with Crippen LogP contribution >= 0.6 is 15.9 Å². The van der Waals surface area contributed by atoms with Gasteiger partial charge in [0, 0.05) is 13.6 Å². The molecule has 8 heteroatoms. The maximum absolute atomic E-state index is 11.6. The number of halogens is 1. The van der Waals surface area contributed by atoms with Crippen LogP contribution in [0, 0.1) is 0 Å². The number of hydrogen-bond acceptors (Lipinski definition) is 6. The minimum Gasteiger partial charge on any atom is -0.480 e. The van der Waals surface area contributed by atoms with Crippen molar-refractivity contribution in [1.82, 2.24) is 15.3 Å². The van der Waals surface area contributed by atoms with Crippen molar-refractivity contribution in [3.63, 3.8) is 0 Å². The number of amides is 1. The van der Waals surface area contributed by atoms with Crippen molar-refractivity contribution in [2.75, 3.05) is 38.8 Å². The second-order valence-electron chi connectivity index (χ2n) is 3.95. The fourth-order valence-corrected chi connectivity index (χ4v) is 2.14. The zero-order valence-corrected chi connectivity index (χ0v) is 12.3. The van der Waals surface area contributed by atoms with Gasteiger partial charge in [-0.15, -0.1) is 0 Å². The number of nitrogens with zero attached hydrogens (tertiary/aromatic N) is 3. The summed E-state index contributed by atoms with van der Waals surface area (Å²) in [6.45, 7) is 1.52. The fourth-order valence-electron chi connectivity index (χ4n) is 1.79. The number of morpholine rings is 1. The summed E-state index contributed by atoms with van der Waals surface area (Å²) < 4.78 is 11.2. The van der Waals surface area contributed by atoms with Crippen LogP contribution in [-0.2, 0) is 9.53 Å². The number of anilines is 1. The van der Waals surface area contributed by atoms with Gasteiger partial charge in [-0.05, 0) is 15.9 Å². The van der Waals surface area contributed by atoms with E-state index >= 15 is 0 Å². The van der Waals surface area contributed by atoms with Crippen LogP contribution in [0.3, 0.4) is 0 Å². The Morgan fingerprint density at radius 1 is 1.68 bits per heavy atom. The van der Waals surface area contributed by atoms with Gasteiger partial charge in [0.15, 0.2) is 6.10 Å². The first-order valence-electron chi connectivity index (χ1n) is 5.80. The lowest BCUT2D eigenvalue weighted by Gasteiger charge is -2.31. The third-order valence-corrected chi connectivity index (χ3v) is 3.32. The quantitative estimate of drug-likeness (QED) is 0.853. The molecule has 1 amide bonds. The van der Waals surface area contributed by atoms with Crippen LogP contribution in [0.2, 0.25) is 0 Å². The molecule has 2 rings (SSSR count). The molecule has 0 aromatic carbocycles. The molecule has 0 saturated carbocycles. The van der Waals surface area contributed by atoms with Gasteiger partial charge in [-0.3, -0.25) is 4.79 Å². The lowest BCUT2D eigenvalue weighted by atomic mass is 10.2. The lowest BCUT2D eigenvalue weighted by molar-refractivity contribution is -0.132. The van der Waals surface area contributed by atoms with E-state index in [1.54, 1.807) is 20.4 Å². The fraction of sp³-hybridized carbons (Fsp3) is 0.545. The van der Waals surface area contributed by atoms with Crippen LogP contribution in [0.15, 0.2) is 10.7 Å². The van der Waals surface area contributed by atoms with E-state index in [0.717, 1.165) is 0 Å². The van der Waals surface area contributed by atoms with E-state index in [-0.39, 0.29) is 5.91 Å². The van der Waals surface area contributed by atoms with Gasteiger partial charge in [-0.25, -0.2) is 4.98 Å². The molecule has 19 heavy (non-hydrogen) atoms. The van der Waals surface area contributed by atoms with E-state index in [2.05, 4.69) is 31.2 Å². The topological polar surface area (TPSA) is 76.6 Å². The van der Waals surface area contributed by atoms with Crippen LogP contribution in [0.25, 0.3) is 0 Å². The van der Waals surface area contributed by atoms with E-state index in [1.165, 1.54) is 0 Å². The zero-order valence-electron chi connectivity index (χ0n) is 10.7. The Labute approximate surface area is 119 Å². The lowest BCUT2D eigenvalue weighted by Crippen LogP contribution is -2.49. The Kier molecular flexibility index (Phi) is 4.54. The monoisotopic (exact) mass is 330 g/mol. The van der Waals surface area contributed by atoms with Crippen molar-refractivity contribution in [3.8, 4) is 5.88 Å². The van der Waals surface area contributed by atoms with E-state index < -0.39 is 6.10 Å². The third-order valence-electron chi connectivity index (χ3n) is 2.78. The molecule has 1 unspecified atom stereocenters. The summed E-state index contributed by atoms with van der Waals surface area (Å²) in [5.41, 5.74) is 0. The van der Waals surface area contributed by atoms with Crippen LogP contribution in [0.1, 0.15) is 0 Å². The van der Waals surface area contributed by atoms with Gasteiger partial charge in [-0.1, -0.05) is 0 Å². The molecule has 0 aliphatic carbocycles. The minimum atomic E-state index is -0.503. The highest BCUT2D eigenvalue weighted by molar-refractivity contribution is 9.10. The molecular weight excluding hydrogens is 316 g/mol. The molecule has 1 fully saturated rings. The molecule has 0 bridgehead atoms. The predicted molar refractivity (Wildman–Crippen MR) is 72.3 cm³/mol. The summed E-state index contributed by atoms with van der Waals surface area (Å²) in [7, 11) is 3.13. The largest absolute Gasteiger partial charge is 0.480 e. The van der Waals surface area contributed by atoms with Gasteiger partial charge in [0.1, 0.15) is 0 Å².